The molecule has 0 aliphatic carbocycles. The minimum absolute atomic E-state index is 0. The second-order valence-electron chi connectivity index (χ2n) is 4.22. The maximum atomic E-state index is 11.7. The first-order valence-corrected chi connectivity index (χ1v) is 6.14. The van der Waals surface area contributed by atoms with Crippen molar-refractivity contribution in [2.75, 3.05) is 5.32 Å². The molecule has 1 heterocycles. The number of nitrogens with zero attached hydrogens (tertiary/aromatic N) is 2. The molecule has 0 spiro atoms. The van der Waals surface area contributed by atoms with Gasteiger partial charge in [-0.3, -0.25) is 4.79 Å². The van der Waals surface area contributed by atoms with Crippen molar-refractivity contribution in [3.63, 3.8) is 0 Å². The lowest BCUT2D eigenvalue weighted by molar-refractivity contribution is -0.117. The second kappa shape index (κ2) is 7.62. The number of halogens is 1. The van der Waals surface area contributed by atoms with Crippen molar-refractivity contribution < 1.29 is 9.32 Å². The fraction of sp³-hybridized carbons (Fsp3) is 0.308. The van der Waals surface area contributed by atoms with Crippen molar-refractivity contribution in [1.29, 1.82) is 0 Å². The Balaban J connectivity index is 0.00000200. The fourth-order valence-electron chi connectivity index (χ4n) is 1.68. The van der Waals surface area contributed by atoms with E-state index >= 15 is 0 Å². The SMILES string of the molecule is CCCC(N)C(=O)Nc1ccc(-c2ncon2)cc1.Cl. The zero-order valence-electron chi connectivity index (χ0n) is 11.1. The molecule has 20 heavy (non-hydrogen) atoms. The summed E-state index contributed by atoms with van der Waals surface area (Å²) in [5, 5.41) is 6.51. The fourth-order valence-corrected chi connectivity index (χ4v) is 1.68. The topological polar surface area (TPSA) is 94.0 Å². The summed E-state index contributed by atoms with van der Waals surface area (Å²) in [5.41, 5.74) is 7.26. The average Bonchev–Trinajstić information content (AvgIpc) is 2.94. The van der Waals surface area contributed by atoms with Crippen LogP contribution in [0.25, 0.3) is 11.4 Å². The Morgan fingerprint density at radius 2 is 2.10 bits per heavy atom. The number of nitrogens with one attached hydrogen (secondary N) is 1. The molecule has 6 nitrogen and oxygen atoms in total. The highest BCUT2D eigenvalue weighted by Gasteiger charge is 2.12. The van der Waals surface area contributed by atoms with Crippen LogP contribution < -0.4 is 11.1 Å². The molecule has 2 rings (SSSR count). The monoisotopic (exact) mass is 296 g/mol. The number of hydrogen-bond acceptors (Lipinski definition) is 5. The minimum atomic E-state index is -0.470. The predicted molar refractivity (Wildman–Crippen MR) is 78.5 cm³/mol. The standard InChI is InChI=1S/C13H16N4O2.ClH/c1-2-3-11(14)13(18)16-10-6-4-9(5-7-10)12-15-8-19-17-12;/h4-8,11H,2-3,14H2,1H3,(H,16,18);1H. The molecule has 1 aromatic heterocycles. The Morgan fingerprint density at radius 3 is 2.65 bits per heavy atom. The van der Waals surface area contributed by atoms with Gasteiger partial charge in [-0.1, -0.05) is 18.5 Å². The van der Waals surface area contributed by atoms with Crippen molar-refractivity contribution in [3.05, 3.63) is 30.7 Å². The molecule has 0 bridgehead atoms. The van der Waals surface area contributed by atoms with E-state index in [-0.39, 0.29) is 18.3 Å². The average molecular weight is 297 g/mol. The van der Waals surface area contributed by atoms with E-state index in [2.05, 4.69) is 20.0 Å². The summed E-state index contributed by atoms with van der Waals surface area (Å²) in [5.74, 6) is 0.342. The van der Waals surface area contributed by atoms with Gasteiger partial charge in [0.15, 0.2) is 0 Å². The molecule has 7 heteroatoms. The Morgan fingerprint density at radius 1 is 1.40 bits per heavy atom. The Labute approximate surface area is 123 Å². The third-order valence-corrected chi connectivity index (χ3v) is 2.71. The van der Waals surface area contributed by atoms with Gasteiger partial charge in [0.1, 0.15) is 0 Å². The number of carbonyl (C=O) groups is 1. The van der Waals surface area contributed by atoms with Gasteiger partial charge >= 0.3 is 0 Å². The molecule has 1 atom stereocenters. The van der Waals surface area contributed by atoms with Crippen molar-refractivity contribution in [3.8, 4) is 11.4 Å². The summed E-state index contributed by atoms with van der Waals surface area (Å²) in [6.45, 7) is 1.99. The minimum Gasteiger partial charge on any atom is -0.342 e. The van der Waals surface area contributed by atoms with Gasteiger partial charge in [-0.05, 0) is 30.7 Å². The lowest BCUT2D eigenvalue weighted by atomic mass is 10.1. The molecule has 3 N–H and O–H groups in total. The molecule has 0 radical (unpaired) electrons. The van der Waals surface area contributed by atoms with E-state index in [4.69, 9.17) is 5.73 Å². The molecule has 108 valence electrons. The summed E-state index contributed by atoms with van der Waals surface area (Å²) in [7, 11) is 0. The summed E-state index contributed by atoms with van der Waals surface area (Å²) >= 11 is 0. The van der Waals surface area contributed by atoms with E-state index in [1.165, 1.54) is 6.39 Å². The third-order valence-electron chi connectivity index (χ3n) is 2.71. The van der Waals surface area contributed by atoms with Crippen LogP contribution in [0.3, 0.4) is 0 Å². The van der Waals surface area contributed by atoms with Crippen LogP contribution in [0.1, 0.15) is 19.8 Å². The highest BCUT2D eigenvalue weighted by atomic mass is 35.5. The number of amides is 1. The van der Waals surface area contributed by atoms with Gasteiger partial charge in [-0.2, -0.15) is 4.98 Å². The molecular formula is C13H17ClN4O2. The van der Waals surface area contributed by atoms with Crippen LogP contribution >= 0.6 is 12.4 Å². The second-order valence-corrected chi connectivity index (χ2v) is 4.22. The Hall–Kier alpha value is -1.92. The van der Waals surface area contributed by atoms with E-state index in [0.717, 1.165) is 12.0 Å². The first-order chi connectivity index (χ1) is 9.20. The predicted octanol–water partition coefficient (Wildman–Crippen LogP) is 2.22. The van der Waals surface area contributed by atoms with E-state index in [1.807, 2.05) is 19.1 Å². The Bertz CT molecular complexity index is 528. The van der Waals surface area contributed by atoms with Crippen LogP contribution in [0.4, 0.5) is 5.69 Å². The molecule has 1 amide bonds. The smallest absolute Gasteiger partial charge is 0.241 e. The van der Waals surface area contributed by atoms with Gasteiger partial charge in [0.25, 0.3) is 0 Å². The third kappa shape index (κ3) is 4.04. The zero-order valence-corrected chi connectivity index (χ0v) is 11.9. The number of carbonyl (C=O) groups excluding carboxylic acids is 1. The van der Waals surface area contributed by atoms with Gasteiger partial charge in [0.05, 0.1) is 6.04 Å². The summed E-state index contributed by atoms with van der Waals surface area (Å²) in [6.07, 6.45) is 2.83. The van der Waals surface area contributed by atoms with Crippen molar-refractivity contribution in [1.82, 2.24) is 10.1 Å². The quantitative estimate of drug-likeness (QED) is 0.882. The first-order valence-electron chi connectivity index (χ1n) is 6.14. The van der Waals surface area contributed by atoms with Crippen LogP contribution in [0.2, 0.25) is 0 Å². The largest absolute Gasteiger partial charge is 0.342 e. The maximum Gasteiger partial charge on any atom is 0.241 e. The number of hydrogen-bond donors (Lipinski definition) is 2. The Kier molecular flexibility index (Phi) is 6.14. The van der Waals surface area contributed by atoms with Gasteiger partial charge < -0.3 is 15.6 Å². The number of aromatic nitrogens is 2. The zero-order chi connectivity index (χ0) is 13.7. The lowest BCUT2D eigenvalue weighted by Crippen LogP contribution is -2.35. The molecule has 0 fully saturated rings. The van der Waals surface area contributed by atoms with Gasteiger partial charge in [-0.15, -0.1) is 12.4 Å². The highest BCUT2D eigenvalue weighted by Crippen LogP contribution is 2.17. The maximum absolute atomic E-state index is 11.7. The van der Waals surface area contributed by atoms with Gasteiger partial charge in [0, 0.05) is 11.3 Å². The molecular weight excluding hydrogens is 280 g/mol. The number of nitrogens with two attached hydrogens (primary N) is 1. The lowest BCUT2D eigenvalue weighted by Gasteiger charge is -2.11. The molecule has 0 aliphatic rings. The number of benzene rings is 1. The van der Waals surface area contributed by atoms with Crippen molar-refractivity contribution in [2.45, 2.75) is 25.8 Å². The van der Waals surface area contributed by atoms with E-state index in [1.54, 1.807) is 12.1 Å². The molecule has 0 saturated heterocycles. The number of anilines is 1. The van der Waals surface area contributed by atoms with E-state index in [9.17, 15) is 4.79 Å². The molecule has 2 aromatic rings. The van der Waals surface area contributed by atoms with Crippen LogP contribution in [-0.4, -0.2) is 22.1 Å². The molecule has 0 aliphatic heterocycles. The summed E-state index contributed by atoms with van der Waals surface area (Å²) in [6, 6.07) is 6.71. The van der Waals surface area contributed by atoms with Crippen LogP contribution in [0, 0.1) is 0 Å². The molecule has 1 unspecified atom stereocenters. The van der Waals surface area contributed by atoms with Crippen LogP contribution in [0.15, 0.2) is 35.2 Å². The van der Waals surface area contributed by atoms with Crippen molar-refractivity contribution >= 4 is 24.0 Å². The van der Waals surface area contributed by atoms with E-state index in [0.29, 0.717) is 17.9 Å². The van der Waals surface area contributed by atoms with Gasteiger partial charge in [-0.25, -0.2) is 0 Å². The van der Waals surface area contributed by atoms with Gasteiger partial charge in [0.2, 0.25) is 18.1 Å². The first kappa shape index (κ1) is 16.1. The molecule has 1 aromatic carbocycles. The highest BCUT2D eigenvalue weighted by molar-refractivity contribution is 5.94. The summed E-state index contributed by atoms with van der Waals surface area (Å²) in [4.78, 5) is 15.7. The van der Waals surface area contributed by atoms with Crippen LogP contribution in [0.5, 0.6) is 0 Å². The number of rotatable bonds is 5. The normalized spacial score (nSPS) is 11.5. The van der Waals surface area contributed by atoms with Crippen LogP contribution in [-0.2, 0) is 4.79 Å². The molecule has 0 saturated carbocycles. The van der Waals surface area contributed by atoms with E-state index < -0.39 is 6.04 Å². The van der Waals surface area contributed by atoms with Crippen molar-refractivity contribution in [2.24, 2.45) is 5.73 Å². The summed E-state index contributed by atoms with van der Waals surface area (Å²) < 4.78 is 4.67.